The first kappa shape index (κ1) is 6.55. The molecule has 1 rings (SSSR count). The fraction of sp³-hybridized carbons (Fsp3) is 0.833. The maximum Gasteiger partial charge on any atom is 0.236 e. The number of β-amino-alcohol motifs (C(OH)–C–C–N with tert-alkyl or cyclic N) is 1. The highest BCUT2D eigenvalue weighted by molar-refractivity contribution is 5.50. The van der Waals surface area contributed by atoms with Crippen molar-refractivity contribution >= 4 is 6.34 Å². The summed E-state index contributed by atoms with van der Waals surface area (Å²) < 4.78 is 2.07. The number of rotatable bonds is 1. The van der Waals surface area contributed by atoms with Gasteiger partial charge in [0.2, 0.25) is 12.6 Å². The molecule has 9 heavy (non-hydrogen) atoms. The topological polar surface area (TPSA) is 26.5 Å². The van der Waals surface area contributed by atoms with Crippen LogP contribution in [0, 0.1) is 0 Å². The van der Waals surface area contributed by atoms with Crippen molar-refractivity contribution in [2.24, 2.45) is 0 Å². The van der Waals surface area contributed by atoms with Gasteiger partial charge in [-0.2, -0.15) is 0 Å². The fourth-order valence-electron chi connectivity index (χ4n) is 0.931. The van der Waals surface area contributed by atoms with E-state index in [-0.39, 0.29) is 6.23 Å². The Balaban J connectivity index is 2.52. The van der Waals surface area contributed by atoms with Crippen LogP contribution in [-0.2, 0) is 0 Å². The Labute approximate surface area is 55.2 Å². The lowest BCUT2D eigenvalue weighted by molar-refractivity contribution is -0.518. The Morgan fingerprint density at radius 1 is 1.89 bits per heavy atom. The third-order valence-corrected chi connectivity index (χ3v) is 1.62. The van der Waals surface area contributed by atoms with Crippen LogP contribution in [0.5, 0.6) is 0 Å². The summed E-state index contributed by atoms with van der Waals surface area (Å²) in [6, 6.07) is 0. The van der Waals surface area contributed by atoms with Gasteiger partial charge in [0, 0.05) is 0 Å². The molecule has 0 aromatic heterocycles. The molecule has 0 saturated carbocycles. The van der Waals surface area contributed by atoms with Crippen molar-refractivity contribution in [3.8, 4) is 0 Å². The van der Waals surface area contributed by atoms with E-state index in [1.54, 1.807) is 0 Å². The molecule has 1 N–H and O–H groups in total. The largest absolute Gasteiger partial charge is 0.352 e. The van der Waals surface area contributed by atoms with E-state index >= 15 is 0 Å². The third kappa shape index (κ3) is 1.21. The Kier molecular flexibility index (Phi) is 1.71. The molecular formula is C6H13N2O+. The molecule has 0 aromatic carbocycles. The van der Waals surface area contributed by atoms with Gasteiger partial charge in [-0.25, -0.2) is 4.90 Å². The predicted octanol–water partition coefficient (Wildman–Crippen LogP) is -0.689. The number of aliphatic hydroxyl groups is 1. The van der Waals surface area contributed by atoms with E-state index in [0.717, 1.165) is 13.1 Å². The molecule has 0 saturated heterocycles. The minimum Gasteiger partial charge on any atom is -0.352 e. The summed E-state index contributed by atoms with van der Waals surface area (Å²) in [5.74, 6) is 0. The van der Waals surface area contributed by atoms with Gasteiger partial charge < -0.3 is 5.11 Å². The second-order valence-electron chi connectivity index (χ2n) is 2.35. The van der Waals surface area contributed by atoms with Gasteiger partial charge >= 0.3 is 0 Å². The van der Waals surface area contributed by atoms with Crippen LogP contribution in [0.2, 0.25) is 0 Å². The van der Waals surface area contributed by atoms with E-state index in [2.05, 4.69) is 11.5 Å². The summed E-state index contributed by atoms with van der Waals surface area (Å²) in [6.07, 6.45) is 1.63. The van der Waals surface area contributed by atoms with Crippen LogP contribution < -0.4 is 0 Å². The fourth-order valence-corrected chi connectivity index (χ4v) is 0.931. The highest BCUT2D eigenvalue weighted by Gasteiger charge is 2.24. The Morgan fingerprint density at radius 3 is 2.78 bits per heavy atom. The molecule has 1 atom stereocenters. The smallest absolute Gasteiger partial charge is 0.236 e. The Bertz CT molecular complexity index is 133. The number of hydrogen-bond donors (Lipinski definition) is 1. The molecule has 0 bridgehead atoms. The third-order valence-electron chi connectivity index (χ3n) is 1.62. The van der Waals surface area contributed by atoms with E-state index in [1.807, 2.05) is 18.3 Å². The highest BCUT2D eigenvalue weighted by Crippen LogP contribution is 1.96. The van der Waals surface area contributed by atoms with Crippen molar-refractivity contribution < 1.29 is 9.68 Å². The lowest BCUT2D eigenvalue weighted by Gasteiger charge is -2.02. The summed E-state index contributed by atoms with van der Waals surface area (Å²) in [5, 5.41) is 9.15. The summed E-state index contributed by atoms with van der Waals surface area (Å²) >= 11 is 0. The molecule has 3 nitrogen and oxygen atoms in total. The molecule has 3 heteroatoms. The van der Waals surface area contributed by atoms with Gasteiger partial charge in [0.15, 0.2) is 6.54 Å². The summed E-state index contributed by atoms with van der Waals surface area (Å²) in [7, 11) is 1.88. The minimum absolute atomic E-state index is 0.301. The van der Waals surface area contributed by atoms with Gasteiger partial charge in [-0.1, -0.05) is 0 Å². The van der Waals surface area contributed by atoms with Crippen molar-refractivity contribution in [3.63, 3.8) is 0 Å². The van der Waals surface area contributed by atoms with Crippen molar-refractivity contribution in [2.45, 2.75) is 13.2 Å². The summed E-state index contributed by atoms with van der Waals surface area (Å²) in [6.45, 7) is 3.79. The standard InChI is InChI=1S/C6H13N2O/c1-3-8-4-6(9)7(2)5-8/h5-6,9H,3-4H2,1-2H3/q+1. The van der Waals surface area contributed by atoms with Crippen molar-refractivity contribution in [1.29, 1.82) is 0 Å². The van der Waals surface area contributed by atoms with Crippen molar-refractivity contribution in [3.05, 3.63) is 0 Å². The van der Waals surface area contributed by atoms with Gasteiger partial charge in [-0.3, -0.25) is 4.58 Å². The van der Waals surface area contributed by atoms with Crippen LogP contribution >= 0.6 is 0 Å². The minimum atomic E-state index is -0.301. The molecule has 1 aliphatic rings. The summed E-state index contributed by atoms with van der Waals surface area (Å²) in [5.41, 5.74) is 0. The van der Waals surface area contributed by atoms with Gasteiger partial charge in [-0.05, 0) is 6.92 Å². The molecule has 0 aliphatic carbocycles. The van der Waals surface area contributed by atoms with Crippen molar-refractivity contribution in [2.75, 3.05) is 20.1 Å². The van der Waals surface area contributed by atoms with Crippen LogP contribution in [0.3, 0.4) is 0 Å². The SMILES string of the molecule is CC[N+]1=CN(C)C(O)C1. The Hall–Kier alpha value is -0.570. The van der Waals surface area contributed by atoms with E-state index in [1.165, 1.54) is 0 Å². The van der Waals surface area contributed by atoms with E-state index < -0.39 is 0 Å². The molecule has 1 heterocycles. The van der Waals surface area contributed by atoms with Gasteiger partial charge in [0.25, 0.3) is 0 Å². The first-order valence-corrected chi connectivity index (χ1v) is 3.23. The first-order chi connectivity index (χ1) is 4.24. The lowest BCUT2D eigenvalue weighted by atomic mass is 10.5. The number of hydrogen-bond acceptors (Lipinski definition) is 2. The molecule has 0 amide bonds. The molecule has 0 aromatic rings. The lowest BCUT2D eigenvalue weighted by Crippen LogP contribution is -2.27. The highest BCUT2D eigenvalue weighted by atomic mass is 16.3. The van der Waals surface area contributed by atoms with Crippen LogP contribution in [0.4, 0.5) is 0 Å². The zero-order valence-electron chi connectivity index (χ0n) is 5.91. The normalized spacial score (nSPS) is 26.8. The Morgan fingerprint density at radius 2 is 2.56 bits per heavy atom. The predicted molar refractivity (Wildman–Crippen MR) is 35.5 cm³/mol. The molecule has 1 aliphatic heterocycles. The zero-order valence-corrected chi connectivity index (χ0v) is 5.91. The molecule has 52 valence electrons. The van der Waals surface area contributed by atoms with Gasteiger partial charge in [0.1, 0.15) is 0 Å². The van der Waals surface area contributed by atoms with E-state index in [0.29, 0.717) is 0 Å². The summed E-state index contributed by atoms with van der Waals surface area (Å²) in [4.78, 5) is 1.81. The number of nitrogens with zero attached hydrogens (tertiary/aromatic N) is 2. The van der Waals surface area contributed by atoms with Crippen LogP contribution in [0.1, 0.15) is 6.92 Å². The average molecular weight is 129 g/mol. The second-order valence-corrected chi connectivity index (χ2v) is 2.35. The maximum absolute atomic E-state index is 9.15. The molecule has 1 unspecified atom stereocenters. The zero-order chi connectivity index (χ0) is 6.85. The van der Waals surface area contributed by atoms with Crippen LogP contribution in [0.15, 0.2) is 0 Å². The second kappa shape index (κ2) is 2.35. The van der Waals surface area contributed by atoms with Gasteiger partial charge in [-0.15, -0.1) is 0 Å². The molecule has 0 spiro atoms. The van der Waals surface area contributed by atoms with Crippen LogP contribution in [0.25, 0.3) is 0 Å². The average Bonchev–Trinajstić information content (AvgIpc) is 2.13. The molecular weight excluding hydrogens is 116 g/mol. The van der Waals surface area contributed by atoms with E-state index in [4.69, 9.17) is 5.11 Å². The van der Waals surface area contributed by atoms with Crippen LogP contribution in [-0.4, -0.2) is 47.3 Å². The number of aliphatic hydroxyl groups excluding tert-OH is 1. The first-order valence-electron chi connectivity index (χ1n) is 3.23. The van der Waals surface area contributed by atoms with E-state index in [9.17, 15) is 0 Å². The van der Waals surface area contributed by atoms with Gasteiger partial charge in [0.05, 0.1) is 13.6 Å². The van der Waals surface area contributed by atoms with Crippen molar-refractivity contribution in [1.82, 2.24) is 4.90 Å². The quantitative estimate of drug-likeness (QED) is 0.474. The number of likely N-dealkylation sites (N-methyl/N-ethyl adjacent to an activating group) is 2. The monoisotopic (exact) mass is 129 g/mol. The maximum atomic E-state index is 9.15. The molecule has 0 radical (unpaired) electrons. The molecule has 0 fully saturated rings.